The van der Waals surface area contributed by atoms with Crippen LogP contribution in [0.5, 0.6) is 5.75 Å². The lowest BCUT2D eigenvalue weighted by Gasteiger charge is -2.15. The summed E-state index contributed by atoms with van der Waals surface area (Å²) in [5.74, 6) is 0.0589. The minimum absolute atomic E-state index is 0.0589. The van der Waals surface area contributed by atoms with Crippen LogP contribution in [0.2, 0.25) is 0 Å². The number of phenolic OH excluding ortho intramolecular Hbond substituents is 1. The van der Waals surface area contributed by atoms with Crippen LogP contribution in [0.4, 0.5) is 0 Å². The van der Waals surface area contributed by atoms with E-state index in [1.165, 1.54) is 28.6 Å². The van der Waals surface area contributed by atoms with Gasteiger partial charge in [-0.1, -0.05) is 24.3 Å². The van der Waals surface area contributed by atoms with E-state index >= 15 is 0 Å². The fraction of sp³-hybridized carbons (Fsp3) is 0.143. The fourth-order valence-electron chi connectivity index (χ4n) is 2.24. The summed E-state index contributed by atoms with van der Waals surface area (Å²) in [4.78, 5) is 0.207. The van der Waals surface area contributed by atoms with E-state index in [1.54, 1.807) is 0 Å². The molecule has 1 aliphatic rings. The zero-order valence-electron chi connectivity index (χ0n) is 10.2. The van der Waals surface area contributed by atoms with E-state index in [4.69, 9.17) is 0 Å². The number of phenols is 1. The largest absolute Gasteiger partial charge is 0.508 e. The van der Waals surface area contributed by atoms with Crippen molar-refractivity contribution in [3.63, 3.8) is 0 Å². The Hall–Kier alpha value is -1.85. The molecule has 0 aromatic heterocycles. The van der Waals surface area contributed by atoms with Gasteiger partial charge in [0.05, 0.1) is 4.90 Å². The molecule has 1 aliphatic heterocycles. The number of benzene rings is 2. The molecule has 0 amide bonds. The zero-order chi connectivity index (χ0) is 13.5. The Morgan fingerprint density at radius 1 is 0.895 bits per heavy atom. The van der Waals surface area contributed by atoms with Gasteiger partial charge in [0.1, 0.15) is 5.75 Å². The lowest BCUT2D eigenvalue weighted by Crippen LogP contribution is -2.25. The molecule has 2 aromatic rings. The molecule has 19 heavy (non-hydrogen) atoms. The van der Waals surface area contributed by atoms with E-state index in [2.05, 4.69) is 0 Å². The van der Waals surface area contributed by atoms with E-state index in [1.807, 2.05) is 24.3 Å². The Morgan fingerprint density at radius 3 is 1.95 bits per heavy atom. The summed E-state index contributed by atoms with van der Waals surface area (Å²) in [6.45, 7) is 0.804. The predicted octanol–water partition coefficient (Wildman–Crippen LogP) is 2.10. The Morgan fingerprint density at radius 2 is 1.42 bits per heavy atom. The molecular formula is C14H13NO3S. The number of rotatable bonds is 2. The van der Waals surface area contributed by atoms with Crippen LogP contribution < -0.4 is 0 Å². The molecule has 0 saturated carbocycles. The van der Waals surface area contributed by atoms with Crippen molar-refractivity contribution >= 4 is 10.0 Å². The van der Waals surface area contributed by atoms with Crippen molar-refractivity contribution < 1.29 is 13.5 Å². The highest BCUT2D eigenvalue weighted by molar-refractivity contribution is 7.89. The first-order chi connectivity index (χ1) is 9.07. The quantitative estimate of drug-likeness (QED) is 0.913. The highest BCUT2D eigenvalue weighted by atomic mass is 32.2. The summed E-state index contributed by atoms with van der Waals surface area (Å²) in [6, 6.07) is 13.3. The topological polar surface area (TPSA) is 57.6 Å². The molecule has 98 valence electrons. The Bertz CT molecular complexity index is 683. The molecule has 2 aromatic carbocycles. The lowest BCUT2D eigenvalue weighted by atomic mass is 10.1. The van der Waals surface area contributed by atoms with Gasteiger partial charge in [-0.3, -0.25) is 0 Å². The molecule has 0 atom stereocenters. The number of fused-ring (bicyclic) bond motifs is 1. The van der Waals surface area contributed by atoms with Crippen molar-refractivity contribution in [2.45, 2.75) is 18.0 Å². The second kappa shape index (κ2) is 4.36. The standard InChI is InChI=1S/C14H13NO3S/c16-13-5-7-14(8-6-13)19(17,18)15-9-11-3-1-2-4-12(11)10-15/h1-8,16H,9-10H2. The van der Waals surface area contributed by atoms with Gasteiger partial charge in [-0.05, 0) is 35.4 Å². The molecule has 0 radical (unpaired) electrons. The zero-order valence-corrected chi connectivity index (χ0v) is 11.0. The first-order valence-electron chi connectivity index (χ1n) is 5.93. The molecule has 0 aliphatic carbocycles. The van der Waals surface area contributed by atoms with Gasteiger partial charge in [-0.25, -0.2) is 8.42 Å². The van der Waals surface area contributed by atoms with Gasteiger partial charge in [0.15, 0.2) is 0 Å². The summed E-state index contributed by atoms with van der Waals surface area (Å²) in [5.41, 5.74) is 2.09. The minimum atomic E-state index is -3.50. The molecule has 1 N–H and O–H groups in total. The van der Waals surface area contributed by atoms with Crippen LogP contribution in [-0.4, -0.2) is 17.8 Å². The summed E-state index contributed by atoms with van der Waals surface area (Å²) in [6.07, 6.45) is 0. The number of hydrogen-bond acceptors (Lipinski definition) is 3. The number of aromatic hydroxyl groups is 1. The molecule has 0 unspecified atom stereocenters. The van der Waals surface area contributed by atoms with Gasteiger partial charge in [0, 0.05) is 13.1 Å². The third-order valence-electron chi connectivity index (χ3n) is 3.29. The van der Waals surface area contributed by atoms with Crippen molar-refractivity contribution in [3.8, 4) is 5.75 Å². The molecule has 1 heterocycles. The molecular weight excluding hydrogens is 262 g/mol. The smallest absolute Gasteiger partial charge is 0.243 e. The Kier molecular flexibility index (Phi) is 2.80. The van der Waals surface area contributed by atoms with Crippen LogP contribution in [0, 0.1) is 0 Å². The van der Waals surface area contributed by atoms with Gasteiger partial charge in [0.25, 0.3) is 0 Å². The molecule has 3 rings (SSSR count). The van der Waals surface area contributed by atoms with Crippen molar-refractivity contribution in [2.75, 3.05) is 0 Å². The average molecular weight is 275 g/mol. The van der Waals surface area contributed by atoms with Crippen LogP contribution >= 0.6 is 0 Å². The third-order valence-corrected chi connectivity index (χ3v) is 5.09. The molecule has 5 heteroatoms. The SMILES string of the molecule is O=S(=O)(c1ccc(O)cc1)N1Cc2ccccc2C1. The highest BCUT2D eigenvalue weighted by Gasteiger charge is 2.30. The molecule has 0 saturated heterocycles. The highest BCUT2D eigenvalue weighted by Crippen LogP contribution is 2.28. The number of nitrogens with zero attached hydrogens (tertiary/aromatic N) is 1. The van der Waals surface area contributed by atoms with Gasteiger partial charge >= 0.3 is 0 Å². The van der Waals surface area contributed by atoms with Crippen LogP contribution in [0.15, 0.2) is 53.4 Å². The maximum absolute atomic E-state index is 12.5. The Labute approximate surface area is 112 Å². The second-order valence-electron chi connectivity index (χ2n) is 4.54. The van der Waals surface area contributed by atoms with Gasteiger partial charge in [-0.15, -0.1) is 0 Å². The third kappa shape index (κ3) is 2.11. The summed E-state index contributed by atoms with van der Waals surface area (Å²) >= 11 is 0. The lowest BCUT2D eigenvalue weighted by molar-refractivity contribution is 0.431. The van der Waals surface area contributed by atoms with Crippen LogP contribution in [0.3, 0.4) is 0 Å². The summed E-state index contributed by atoms with van der Waals surface area (Å²) in [5, 5.41) is 9.22. The van der Waals surface area contributed by atoms with Gasteiger partial charge in [-0.2, -0.15) is 4.31 Å². The number of sulfonamides is 1. The maximum Gasteiger partial charge on any atom is 0.243 e. The minimum Gasteiger partial charge on any atom is -0.508 e. The summed E-state index contributed by atoms with van der Waals surface area (Å²) < 4.78 is 26.4. The number of hydrogen-bond donors (Lipinski definition) is 1. The van der Waals surface area contributed by atoms with Crippen LogP contribution in [0.25, 0.3) is 0 Å². The van der Waals surface area contributed by atoms with E-state index in [0.29, 0.717) is 13.1 Å². The fourth-order valence-corrected chi connectivity index (χ4v) is 3.64. The van der Waals surface area contributed by atoms with Crippen LogP contribution in [-0.2, 0) is 23.1 Å². The normalized spacial score (nSPS) is 15.4. The summed E-state index contributed by atoms with van der Waals surface area (Å²) in [7, 11) is -3.50. The first kappa shape index (κ1) is 12.2. The van der Waals surface area contributed by atoms with Crippen molar-refractivity contribution in [3.05, 3.63) is 59.7 Å². The molecule has 0 spiro atoms. The Balaban J connectivity index is 1.94. The van der Waals surface area contributed by atoms with Gasteiger partial charge in [0.2, 0.25) is 10.0 Å². The first-order valence-corrected chi connectivity index (χ1v) is 7.37. The van der Waals surface area contributed by atoms with E-state index in [9.17, 15) is 13.5 Å². The monoisotopic (exact) mass is 275 g/mol. The van der Waals surface area contributed by atoms with Crippen LogP contribution in [0.1, 0.15) is 11.1 Å². The van der Waals surface area contributed by atoms with Crippen molar-refractivity contribution in [1.29, 1.82) is 0 Å². The molecule has 4 nitrogen and oxygen atoms in total. The van der Waals surface area contributed by atoms with E-state index in [0.717, 1.165) is 11.1 Å². The molecule has 0 fully saturated rings. The van der Waals surface area contributed by atoms with E-state index < -0.39 is 10.0 Å². The predicted molar refractivity (Wildman–Crippen MR) is 71.0 cm³/mol. The average Bonchev–Trinajstić information content (AvgIpc) is 2.83. The molecule has 0 bridgehead atoms. The second-order valence-corrected chi connectivity index (χ2v) is 6.47. The van der Waals surface area contributed by atoms with Crippen molar-refractivity contribution in [1.82, 2.24) is 4.31 Å². The van der Waals surface area contributed by atoms with Crippen molar-refractivity contribution in [2.24, 2.45) is 0 Å². The maximum atomic E-state index is 12.5. The van der Waals surface area contributed by atoms with E-state index in [-0.39, 0.29) is 10.6 Å². The van der Waals surface area contributed by atoms with Gasteiger partial charge < -0.3 is 5.11 Å².